The van der Waals surface area contributed by atoms with E-state index in [1.807, 2.05) is 0 Å². The average molecular weight is 194 g/mol. The SMILES string of the molecule is Cc1nnc(CNCc2ccon2)o1. The van der Waals surface area contributed by atoms with Gasteiger partial charge in [-0.3, -0.25) is 0 Å². The van der Waals surface area contributed by atoms with Crippen molar-refractivity contribution in [3.63, 3.8) is 0 Å². The van der Waals surface area contributed by atoms with E-state index in [0.29, 0.717) is 24.9 Å². The Morgan fingerprint density at radius 1 is 1.36 bits per heavy atom. The van der Waals surface area contributed by atoms with E-state index in [9.17, 15) is 0 Å². The summed E-state index contributed by atoms with van der Waals surface area (Å²) in [7, 11) is 0. The quantitative estimate of drug-likeness (QED) is 0.770. The molecule has 0 saturated heterocycles. The maximum absolute atomic E-state index is 5.17. The van der Waals surface area contributed by atoms with Crippen LogP contribution in [0.4, 0.5) is 0 Å². The van der Waals surface area contributed by atoms with Gasteiger partial charge in [-0.25, -0.2) is 0 Å². The highest BCUT2D eigenvalue weighted by Crippen LogP contribution is 1.98. The van der Waals surface area contributed by atoms with Gasteiger partial charge in [-0.1, -0.05) is 5.16 Å². The fraction of sp³-hybridized carbons (Fsp3) is 0.375. The van der Waals surface area contributed by atoms with E-state index in [-0.39, 0.29) is 0 Å². The summed E-state index contributed by atoms with van der Waals surface area (Å²) in [5.41, 5.74) is 0.848. The minimum atomic E-state index is 0.535. The molecule has 6 heteroatoms. The van der Waals surface area contributed by atoms with Gasteiger partial charge in [0, 0.05) is 19.5 Å². The minimum absolute atomic E-state index is 0.535. The molecule has 1 N–H and O–H groups in total. The van der Waals surface area contributed by atoms with Gasteiger partial charge in [0.15, 0.2) is 0 Å². The van der Waals surface area contributed by atoms with Crippen LogP contribution in [0.5, 0.6) is 0 Å². The first-order valence-electron chi connectivity index (χ1n) is 4.23. The molecular formula is C8H10N4O2. The van der Waals surface area contributed by atoms with Gasteiger partial charge in [0.25, 0.3) is 0 Å². The first-order chi connectivity index (χ1) is 6.84. The molecule has 0 aromatic carbocycles. The third-order valence-electron chi connectivity index (χ3n) is 1.64. The predicted molar refractivity (Wildman–Crippen MR) is 46.1 cm³/mol. The van der Waals surface area contributed by atoms with Crippen LogP contribution in [0.2, 0.25) is 0 Å². The molecule has 0 spiro atoms. The molecule has 2 aromatic heterocycles. The standard InChI is InChI=1S/C8H10N4O2/c1-6-10-11-8(14-6)5-9-4-7-2-3-13-12-7/h2-3,9H,4-5H2,1H3. The topological polar surface area (TPSA) is 77.0 Å². The highest BCUT2D eigenvalue weighted by Gasteiger charge is 2.01. The third-order valence-corrected chi connectivity index (χ3v) is 1.64. The van der Waals surface area contributed by atoms with Gasteiger partial charge in [-0.2, -0.15) is 0 Å². The van der Waals surface area contributed by atoms with Gasteiger partial charge < -0.3 is 14.3 Å². The van der Waals surface area contributed by atoms with Crippen LogP contribution in [0.25, 0.3) is 0 Å². The van der Waals surface area contributed by atoms with Gasteiger partial charge in [0.1, 0.15) is 6.26 Å². The number of rotatable bonds is 4. The Balaban J connectivity index is 1.78. The summed E-state index contributed by atoms with van der Waals surface area (Å²) in [5, 5.41) is 14.4. The molecule has 0 unspecified atom stereocenters. The molecule has 14 heavy (non-hydrogen) atoms. The van der Waals surface area contributed by atoms with E-state index in [2.05, 4.69) is 25.2 Å². The number of nitrogens with one attached hydrogen (secondary N) is 1. The lowest BCUT2D eigenvalue weighted by Crippen LogP contribution is -2.13. The summed E-state index contributed by atoms with van der Waals surface area (Å²) in [4.78, 5) is 0. The number of hydrogen-bond acceptors (Lipinski definition) is 6. The molecule has 0 aliphatic heterocycles. The molecule has 0 atom stereocenters. The molecule has 0 amide bonds. The van der Waals surface area contributed by atoms with Crippen molar-refractivity contribution in [3.05, 3.63) is 29.8 Å². The first-order valence-corrected chi connectivity index (χ1v) is 4.23. The lowest BCUT2D eigenvalue weighted by molar-refractivity contribution is 0.404. The fourth-order valence-electron chi connectivity index (χ4n) is 1.04. The van der Waals surface area contributed by atoms with E-state index in [4.69, 9.17) is 4.42 Å². The van der Waals surface area contributed by atoms with Crippen LogP contribution in [0.1, 0.15) is 17.5 Å². The summed E-state index contributed by atoms with van der Waals surface area (Å²) in [6.45, 7) is 2.92. The van der Waals surface area contributed by atoms with Gasteiger partial charge in [0.05, 0.1) is 12.2 Å². The van der Waals surface area contributed by atoms with Crippen molar-refractivity contribution in [2.75, 3.05) is 0 Å². The Hall–Kier alpha value is -1.69. The normalized spacial score (nSPS) is 10.6. The lowest BCUT2D eigenvalue weighted by atomic mass is 10.4. The minimum Gasteiger partial charge on any atom is -0.424 e. The maximum atomic E-state index is 5.17. The molecule has 74 valence electrons. The van der Waals surface area contributed by atoms with Crippen LogP contribution >= 0.6 is 0 Å². The average Bonchev–Trinajstić information content (AvgIpc) is 2.77. The van der Waals surface area contributed by atoms with E-state index in [0.717, 1.165) is 5.69 Å². The van der Waals surface area contributed by atoms with Crippen LogP contribution in [-0.2, 0) is 13.1 Å². The van der Waals surface area contributed by atoms with Crippen molar-refractivity contribution < 1.29 is 8.94 Å². The van der Waals surface area contributed by atoms with Crippen LogP contribution in [0, 0.1) is 6.92 Å². The zero-order valence-electron chi connectivity index (χ0n) is 7.73. The Labute approximate surface area is 80.3 Å². The Bertz CT molecular complexity index is 382. The third kappa shape index (κ3) is 2.17. The van der Waals surface area contributed by atoms with Gasteiger partial charge in [0.2, 0.25) is 11.8 Å². The van der Waals surface area contributed by atoms with E-state index in [1.54, 1.807) is 13.0 Å². The predicted octanol–water partition coefficient (Wildman–Crippen LogP) is 0.656. The molecule has 0 radical (unpaired) electrons. The molecule has 2 rings (SSSR count). The Morgan fingerprint density at radius 2 is 2.29 bits per heavy atom. The van der Waals surface area contributed by atoms with Crippen molar-refractivity contribution >= 4 is 0 Å². The summed E-state index contributed by atoms with van der Waals surface area (Å²) in [5.74, 6) is 1.15. The number of aryl methyl sites for hydroxylation is 1. The van der Waals surface area contributed by atoms with Crippen LogP contribution in [0.3, 0.4) is 0 Å². The molecule has 0 aliphatic rings. The second kappa shape index (κ2) is 4.01. The summed E-state index contributed by atoms with van der Waals surface area (Å²) in [6, 6.07) is 1.80. The second-order valence-electron chi connectivity index (χ2n) is 2.81. The van der Waals surface area contributed by atoms with E-state index in [1.165, 1.54) is 6.26 Å². The summed E-state index contributed by atoms with van der Waals surface area (Å²) in [6.07, 6.45) is 1.54. The first kappa shape index (κ1) is 8.89. The van der Waals surface area contributed by atoms with Gasteiger partial charge >= 0.3 is 0 Å². The highest BCUT2D eigenvalue weighted by molar-refractivity contribution is 4.94. The van der Waals surface area contributed by atoms with Crippen LogP contribution in [0.15, 0.2) is 21.3 Å². The van der Waals surface area contributed by atoms with E-state index >= 15 is 0 Å². The monoisotopic (exact) mass is 194 g/mol. The summed E-state index contributed by atoms with van der Waals surface area (Å²) >= 11 is 0. The lowest BCUT2D eigenvalue weighted by Gasteiger charge is -1.96. The molecule has 2 heterocycles. The number of aromatic nitrogens is 3. The van der Waals surface area contributed by atoms with Crippen molar-refractivity contribution in [1.82, 2.24) is 20.7 Å². The highest BCUT2D eigenvalue weighted by atomic mass is 16.5. The van der Waals surface area contributed by atoms with Crippen molar-refractivity contribution in [2.24, 2.45) is 0 Å². The van der Waals surface area contributed by atoms with Crippen molar-refractivity contribution in [2.45, 2.75) is 20.0 Å². The maximum Gasteiger partial charge on any atom is 0.230 e. The Morgan fingerprint density at radius 3 is 2.93 bits per heavy atom. The molecule has 0 fully saturated rings. The van der Waals surface area contributed by atoms with Gasteiger partial charge in [-0.15, -0.1) is 10.2 Å². The van der Waals surface area contributed by atoms with Crippen molar-refractivity contribution in [3.8, 4) is 0 Å². The fourth-order valence-corrected chi connectivity index (χ4v) is 1.04. The summed E-state index contributed by atoms with van der Waals surface area (Å²) < 4.78 is 9.85. The molecule has 0 saturated carbocycles. The molecule has 2 aromatic rings. The number of nitrogens with zero attached hydrogens (tertiary/aromatic N) is 3. The van der Waals surface area contributed by atoms with Crippen LogP contribution in [-0.4, -0.2) is 15.4 Å². The number of hydrogen-bond donors (Lipinski definition) is 1. The second-order valence-corrected chi connectivity index (χ2v) is 2.81. The zero-order chi connectivity index (χ0) is 9.80. The van der Waals surface area contributed by atoms with Gasteiger partial charge in [-0.05, 0) is 0 Å². The molecule has 6 nitrogen and oxygen atoms in total. The molecule has 0 aliphatic carbocycles. The van der Waals surface area contributed by atoms with E-state index < -0.39 is 0 Å². The largest absolute Gasteiger partial charge is 0.424 e. The Kier molecular flexibility index (Phi) is 2.55. The smallest absolute Gasteiger partial charge is 0.230 e. The molecule has 0 bridgehead atoms. The zero-order valence-corrected chi connectivity index (χ0v) is 7.73. The van der Waals surface area contributed by atoms with Crippen LogP contribution < -0.4 is 5.32 Å². The molecular weight excluding hydrogens is 184 g/mol. The van der Waals surface area contributed by atoms with Crippen molar-refractivity contribution in [1.29, 1.82) is 0 Å².